The van der Waals surface area contributed by atoms with Gasteiger partial charge < -0.3 is 14.4 Å². The quantitative estimate of drug-likeness (QED) is 0.527. The average molecular weight is 480 g/mol. The van der Waals surface area contributed by atoms with Crippen LogP contribution in [0.1, 0.15) is 55.2 Å². The van der Waals surface area contributed by atoms with E-state index in [0.717, 1.165) is 12.8 Å². The fraction of sp³-hybridized carbons (Fsp3) is 0.522. The standard InChI is InChI=1S/C23H27F2N3O4S/c1-11(2)10-31-23(30)27-22-26-12(3)19(33-22)15-7-16-9-28(13(4)14-5-6-14)20(29)18(16)17(8-15)32-21(24)25/h7-8,11,13-14,21H,5-6,9-10H2,1-4H3,(H,26,27,30)/t13-/m0/s1. The van der Waals surface area contributed by atoms with Crippen molar-refractivity contribution in [1.82, 2.24) is 9.88 Å². The number of fused-ring (bicyclic) bond motifs is 1. The third-order valence-electron chi connectivity index (χ3n) is 5.83. The number of alkyl halides is 2. The predicted octanol–water partition coefficient (Wildman–Crippen LogP) is 5.68. The van der Waals surface area contributed by atoms with Crippen molar-refractivity contribution in [3.05, 3.63) is 29.0 Å². The van der Waals surface area contributed by atoms with Crippen LogP contribution in [0.25, 0.3) is 10.4 Å². The molecule has 2 aromatic rings. The number of anilines is 1. The van der Waals surface area contributed by atoms with Crippen LogP contribution in [-0.2, 0) is 11.3 Å². The van der Waals surface area contributed by atoms with Crippen molar-refractivity contribution >= 4 is 28.5 Å². The topological polar surface area (TPSA) is 80.8 Å². The number of rotatable bonds is 8. The monoisotopic (exact) mass is 479 g/mol. The van der Waals surface area contributed by atoms with Gasteiger partial charge in [0.05, 0.1) is 22.7 Å². The van der Waals surface area contributed by atoms with Gasteiger partial charge in [-0.2, -0.15) is 8.78 Å². The highest BCUT2D eigenvalue weighted by atomic mass is 32.1. The van der Waals surface area contributed by atoms with E-state index >= 15 is 0 Å². The van der Waals surface area contributed by atoms with Crippen LogP contribution in [0.15, 0.2) is 12.1 Å². The number of carbonyl (C=O) groups excluding carboxylic acids is 2. The van der Waals surface area contributed by atoms with E-state index in [-0.39, 0.29) is 35.8 Å². The van der Waals surface area contributed by atoms with Gasteiger partial charge in [0.2, 0.25) is 0 Å². The van der Waals surface area contributed by atoms with E-state index in [1.165, 1.54) is 17.4 Å². The van der Waals surface area contributed by atoms with Crippen molar-refractivity contribution in [3.63, 3.8) is 0 Å². The molecule has 1 saturated carbocycles. The van der Waals surface area contributed by atoms with Crippen LogP contribution in [0.2, 0.25) is 0 Å². The number of aromatic nitrogens is 1. The molecule has 2 amide bonds. The molecule has 1 fully saturated rings. The molecule has 1 atom stereocenters. The second-order valence-electron chi connectivity index (χ2n) is 8.95. The largest absolute Gasteiger partial charge is 0.449 e. The summed E-state index contributed by atoms with van der Waals surface area (Å²) in [5.41, 5.74) is 2.08. The molecule has 1 N–H and O–H groups in total. The molecular formula is C23H27F2N3O4S. The normalized spacial score (nSPS) is 16.4. The minimum atomic E-state index is -3.05. The molecule has 0 radical (unpaired) electrons. The van der Waals surface area contributed by atoms with Gasteiger partial charge >= 0.3 is 12.7 Å². The Morgan fingerprint density at radius 2 is 2.03 bits per heavy atom. The number of thiazole rings is 1. The molecule has 1 aromatic carbocycles. The van der Waals surface area contributed by atoms with E-state index in [2.05, 4.69) is 10.3 Å². The molecule has 1 aromatic heterocycles. The number of hydrogen-bond donors (Lipinski definition) is 1. The van der Waals surface area contributed by atoms with E-state index in [9.17, 15) is 18.4 Å². The first-order valence-corrected chi connectivity index (χ1v) is 11.8. The zero-order valence-electron chi connectivity index (χ0n) is 19.0. The van der Waals surface area contributed by atoms with Gasteiger partial charge in [0, 0.05) is 12.6 Å². The van der Waals surface area contributed by atoms with Crippen molar-refractivity contribution in [2.45, 2.75) is 59.7 Å². The van der Waals surface area contributed by atoms with Gasteiger partial charge in [-0.15, -0.1) is 0 Å². The molecular weight excluding hydrogens is 452 g/mol. The molecule has 7 nitrogen and oxygen atoms in total. The Morgan fingerprint density at radius 1 is 1.30 bits per heavy atom. The summed E-state index contributed by atoms with van der Waals surface area (Å²) in [7, 11) is 0. The third kappa shape index (κ3) is 5.10. The number of carbonyl (C=O) groups is 2. The minimum Gasteiger partial charge on any atom is -0.449 e. The fourth-order valence-electron chi connectivity index (χ4n) is 4.01. The molecule has 4 rings (SSSR count). The maximum atomic E-state index is 13.2. The van der Waals surface area contributed by atoms with Gasteiger partial charge in [0.15, 0.2) is 5.13 Å². The summed E-state index contributed by atoms with van der Waals surface area (Å²) < 4.78 is 36.3. The first-order chi connectivity index (χ1) is 15.6. The van der Waals surface area contributed by atoms with Gasteiger partial charge in [-0.1, -0.05) is 25.2 Å². The lowest BCUT2D eigenvalue weighted by Gasteiger charge is -2.24. The minimum absolute atomic E-state index is 0.0468. The highest BCUT2D eigenvalue weighted by Crippen LogP contribution is 2.43. The van der Waals surface area contributed by atoms with Crippen LogP contribution in [0.3, 0.4) is 0 Å². The fourth-order valence-corrected chi connectivity index (χ4v) is 4.94. The van der Waals surface area contributed by atoms with E-state index in [4.69, 9.17) is 9.47 Å². The van der Waals surface area contributed by atoms with Crippen LogP contribution in [0, 0.1) is 18.8 Å². The van der Waals surface area contributed by atoms with Gasteiger partial charge in [-0.05, 0) is 61.8 Å². The summed E-state index contributed by atoms with van der Waals surface area (Å²) in [5.74, 6) is 0.249. The smallest absolute Gasteiger partial charge is 0.413 e. The predicted molar refractivity (Wildman–Crippen MR) is 121 cm³/mol. The van der Waals surface area contributed by atoms with Crippen molar-refractivity contribution in [2.75, 3.05) is 11.9 Å². The number of benzene rings is 1. The van der Waals surface area contributed by atoms with Gasteiger partial charge in [-0.3, -0.25) is 10.1 Å². The summed E-state index contributed by atoms with van der Waals surface area (Å²) in [6.45, 7) is 5.22. The summed E-state index contributed by atoms with van der Waals surface area (Å²) in [5, 5.41) is 2.95. The number of aryl methyl sites for hydroxylation is 1. The highest BCUT2D eigenvalue weighted by Gasteiger charge is 2.40. The van der Waals surface area contributed by atoms with Crippen LogP contribution in [0.5, 0.6) is 5.75 Å². The molecule has 1 aliphatic heterocycles. The van der Waals surface area contributed by atoms with Crippen LogP contribution in [-0.4, -0.2) is 41.1 Å². The molecule has 2 aliphatic rings. The second-order valence-corrected chi connectivity index (χ2v) is 9.95. The lowest BCUT2D eigenvalue weighted by molar-refractivity contribution is -0.0501. The zero-order chi connectivity index (χ0) is 23.9. The first-order valence-electron chi connectivity index (χ1n) is 11.0. The summed E-state index contributed by atoms with van der Waals surface area (Å²) in [6.07, 6.45) is 1.54. The molecule has 0 spiro atoms. The van der Waals surface area contributed by atoms with Crippen molar-refractivity contribution in [2.24, 2.45) is 11.8 Å². The molecule has 0 unspecified atom stereocenters. The Kier molecular flexibility index (Phi) is 6.56. The zero-order valence-corrected chi connectivity index (χ0v) is 19.8. The highest BCUT2D eigenvalue weighted by molar-refractivity contribution is 7.19. The number of nitrogens with one attached hydrogen (secondary N) is 1. The first kappa shape index (κ1) is 23.4. The van der Waals surface area contributed by atoms with E-state index < -0.39 is 12.7 Å². The lowest BCUT2D eigenvalue weighted by Crippen LogP contribution is -2.34. The summed E-state index contributed by atoms with van der Waals surface area (Å²) in [4.78, 5) is 31.8. The average Bonchev–Trinajstić information content (AvgIpc) is 3.44. The van der Waals surface area contributed by atoms with Crippen molar-refractivity contribution in [1.29, 1.82) is 0 Å². The molecule has 178 valence electrons. The number of hydrogen-bond acceptors (Lipinski definition) is 6. The number of nitrogens with zero attached hydrogens (tertiary/aromatic N) is 2. The van der Waals surface area contributed by atoms with E-state index in [0.29, 0.717) is 39.3 Å². The number of ether oxygens (including phenoxy) is 2. The maximum absolute atomic E-state index is 13.2. The molecule has 2 heterocycles. The van der Waals surface area contributed by atoms with E-state index in [1.54, 1.807) is 11.8 Å². The molecule has 1 aliphatic carbocycles. The Bertz CT molecular complexity index is 1070. The Morgan fingerprint density at radius 3 is 2.67 bits per heavy atom. The van der Waals surface area contributed by atoms with E-state index in [1.807, 2.05) is 26.8 Å². The summed E-state index contributed by atoms with van der Waals surface area (Å²) in [6, 6.07) is 3.33. The van der Waals surface area contributed by atoms with Crippen LogP contribution in [0.4, 0.5) is 18.7 Å². The van der Waals surface area contributed by atoms with Crippen LogP contribution >= 0.6 is 11.3 Å². The van der Waals surface area contributed by atoms with Gasteiger partial charge in [0.25, 0.3) is 5.91 Å². The van der Waals surface area contributed by atoms with Gasteiger partial charge in [-0.25, -0.2) is 9.78 Å². The number of amides is 2. The molecule has 33 heavy (non-hydrogen) atoms. The molecule has 10 heteroatoms. The Hall–Kier alpha value is -2.75. The lowest BCUT2D eigenvalue weighted by atomic mass is 10.0. The third-order valence-corrected chi connectivity index (χ3v) is 6.95. The Balaban J connectivity index is 1.63. The van der Waals surface area contributed by atoms with Crippen molar-refractivity contribution in [3.8, 4) is 16.2 Å². The van der Waals surface area contributed by atoms with Gasteiger partial charge in [0.1, 0.15) is 5.75 Å². The number of halogens is 2. The summed E-state index contributed by atoms with van der Waals surface area (Å²) >= 11 is 1.21. The van der Waals surface area contributed by atoms with Crippen LogP contribution < -0.4 is 10.1 Å². The maximum Gasteiger partial charge on any atom is 0.413 e. The SMILES string of the molecule is Cc1nc(NC(=O)OCC(C)C)sc1-c1cc2c(c(OC(F)F)c1)C(=O)N([C@@H](C)C1CC1)C2. The second kappa shape index (κ2) is 9.24. The van der Waals surface area contributed by atoms with Crippen molar-refractivity contribution < 1.29 is 27.8 Å². The molecule has 0 saturated heterocycles. The Labute approximate surface area is 195 Å². The molecule has 0 bridgehead atoms.